The number of carbonyl (C=O) groups is 1. The third-order valence-corrected chi connectivity index (χ3v) is 6.37. The summed E-state index contributed by atoms with van der Waals surface area (Å²) in [6.45, 7) is 7.31. The van der Waals surface area contributed by atoms with Crippen molar-refractivity contribution >= 4 is 28.8 Å². The number of nitrogens with one attached hydrogen (secondary N) is 1. The molecular formula is C24H33N7O4. The van der Waals surface area contributed by atoms with Crippen LogP contribution in [0.2, 0.25) is 0 Å². The van der Waals surface area contributed by atoms with Crippen LogP contribution in [0.25, 0.3) is 11.2 Å². The number of rotatable bonds is 9. The Labute approximate surface area is 203 Å². The van der Waals surface area contributed by atoms with Crippen LogP contribution >= 0.6 is 0 Å². The molecule has 0 saturated carbocycles. The number of nitrogens with zero attached hydrogens (tertiary/aromatic N) is 6. The van der Waals surface area contributed by atoms with E-state index in [1.165, 1.54) is 21.9 Å². The lowest BCUT2D eigenvalue weighted by molar-refractivity contribution is -0.143. The van der Waals surface area contributed by atoms with E-state index in [0.29, 0.717) is 12.5 Å². The number of carbonyl (C=O) groups excluding carboxylic acids is 1. The van der Waals surface area contributed by atoms with Crippen LogP contribution in [0, 0.1) is 0 Å². The molecule has 1 aromatic carbocycles. The Morgan fingerprint density at radius 3 is 2.46 bits per heavy atom. The van der Waals surface area contributed by atoms with Crippen molar-refractivity contribution in [2.24, 2.45) is 14.1 Å². The van der Waals surface area contributed by atoms with Gasteiger partial charge in [-0.05, 0) is 32.0 Å². The summed E-state index contributed by atoms with van der Waals surface area (Å²) in [5, 5.41) is 3.26. The van der Waals surface area contributed by atoms with Crippen molar-refractivity contribution in [2.45, 2.75) is 19.9 Å². The van der Waals surface area contributed by atoms with E-state index in [1.54, 1.807) is 14.0 Å². The number of esters is 1. The first kappa shape index (κ1) is 24.5. The number of anilines is 2. The first-order valence-corrected chi connectivity index (χ1v) is 12.0. The van der Waals surface area contributed by atoms with Crippen molar-refractivity contribution in [2.75, 3.05) is 56.1 Å². The maximum Gasteiger partial charge on any atom is 0.332 e. The summed E-state index contributed by atoms with van der Waals surface area (Å²) in [5.41, 5.74) is 0.729. The summed E-state index contributed by atoms with van der Waals surface area (Å²) >= 11 is 0. The Morgan fingerprint density at radius 1 is 1.06 bits per heavy atom. The second-order valence-corrected chi connectivity index (χ2v) is 8.65. The van der Waals surface area contributed by atoms with Gasteiger partial charge in [0, 0.05) is 52.5 Å². The monoisotopic (exact) mass is 483 g/mol. The van der Waals surface area contributed by atoms with Gasteiger partial charge in [-0.2, -0.15) is 4.98 Å². The van der Waals surface area contributed by atoms with Gasteiger partial charge >= 0.3 is 11.7 Å². The number of ether oxygens (including phenoxy) is 1. The van der Waals surface area contributed by atoms with Gasteiger partial charge in [0.15, 0.2) is 11.2 Å². The third-order valence-electron chi connectivity index (χ3n) is 6.37. The number of aromatic nitrogens is 4. The van der Waals surface area contributed by atoms with E-state index < -0.39 is 17.2 Å². The topological polar surface area (TPSA) is 107 Å². The lowest BCUT2D eigenvalue weighted by Crippen LogP contribution is -2.46. The molecule has 35 heavy (non-hydrogen) atoms. The number of hydrogen-bond acceptors (Lipinski definition) is 8. The average molecular weight is 484 g/mol. The molecule has 0 amide bonds. The SMILES string of the molecule is CCOC(=O)Cn1c(NCCCN2CCN(c3ccccc3)CC2)nc2c1c(=O)n(C)c(=O)n2C. The predicted molar refractivity (Wildman–Crippen MR) is 135 cm³/mol. The van der Waals surface area contributed by atoms with Crippen molar-refractivity contribution in [3.8, 4) is 0 Å². The fraction of sp³-hybridized carbons (Fsp3) is 0.500. The maximum absolute atomic E-state index is 12.8. The van der Waals surface area contributed by atoms with Crippen LogP contribution in [0.15, 0.2) is 39.9 Å². The standard InChI is InChI=1S/C24H33N7O4/c1-4-35-19(32)17-31-20-21(27(2)24(34)28(3)22(20)33)26-23(31)25-11-8-12-29-13-15-30(16-14-29)18-9-6-5-7-10-18/h5-7,9-10H,4,8,11-17H2,1-3H3,(H,25,26). The first-order valence-electron chi connectivity index (χ1n) is 12.0. The first-order chi connectivity index (χ1) is 16.9. The van der Waals surface area contributed by atoms with Crippen LogP contribution in [-0.4, -0.2) is 75.4 Å². The minimum atomic E-state index is -0.496. The molecule has 2 aromatic heterocycles. The quantitative estimate of drug-likeness (QED) is 0.349. The molecule has 4 rings (SSSR count). The van der Waals surface area contributed by atoms with E-state index in [1.807, 2.05) is 6.07 Å². The fourth-order valence-corrected chi connectivity index (χ4v) is 4.44. The summed E-state index contributed by atoms with van der Waals surface area (Å²) in [7, 11) is 2.97. The number of piperazine rings is 1. The molecule has 0 radical (unpaired) electrons. The Hall–Kier alpha value is -3.60. The third kappa shape index (κ3) is 5.24. The van der Waals surface area contributed by atoms with Crippen LogP contribution in [0.3, 0.4) is 0 Å². The molecule has 188 valence electrons. The van der Waals surface area contributed by atoms with E-state index in [0.717, 1.165) is 43.7 Å². The van der Waals surface area contributed by atoms with Crippen molar-refractivity contribution in [1.82, 2.24) is 23.6 Å². The second-order valence-electron chi connectivity index (χ2n) is 8.65. The Kier molecular flexibility index (Phi) is 7.54. The van der Waals surface area contributed by atoms with E-state index >= 15 is 0 Å². The highest BCUT2D eigenvalue weighted by molar-refractivity contribution is 5.78. The molecule has 0 atom stereocenters. The number of fused-ring (bicyclic) bond motifs is 1. The summed E-state index contributed by atoms with van der Waals surface area (Å²) in [5.74, 6) is -0.0951. The number of aryl methyl sites for hydroxylation is 1. The molecule has 11 heteroatoms. The number of hydrogen-bond donors (Lipinski definition) is 1. The molecule has 1 N–H and O–H groups in total. The predicted octanol–water partition coefficient (Wildman–Crippen LogP) is 0.621. The van der Waals surface area contributed by atoms with Crippen LogP contribution in [0.4, 0.5) is 11.6 Å². The molecule has 1 fully saturated rings. The van der Waals surface area contributed by atoms with Gasteiger partial charge in [-0.25, -0.2) is 4.79 Å². The van der Waals surface area contributed by atoms with E-state index in [-0.39, 0.29) is 24.3 Å². The van der Waals surface area contributed by atoms with Gasteiger partial charge in [0.25, 0.3) is 5.56 Å². The van der Waals surface area contributed by atoms with Crippen molar-refractivity contribution in [3.63, 3.8) is 0 Å². The summed E-state index contributed by atoms with van der Waals surface area (Å²) in [6.07, 6.45) is 0.866. The Balaban J connectivity index is 1.41. The van der Waals surface area contributed by atoms with Crippen molar-refractivity contribution in [1.29, 1.82) is 0 Å². The molecule has 0 bridgehead atoms. The molecule has 3 aromatic rings. The largest absolute Gasteiger partial charge is 0.465 e. The zero-order chi connectivity index (χ0) is 24.9. The fourth-order valence-electron chi connectivity index (χ4n) is 4.44. The highest BCUT2D eigenvalue weighted by Crippen LogP contribution is 2.17. The highest BCUT2D eigenvalue weighted by atomic mass is 16.5. The average Bonchev–Trinajstić information content (AvgIpc) is 3.23. The zero-order valence-corrected chi connectivity index (χ0v) is 20.6. The van der Waals surface area contributed by atoms with Gasteiger partial charge < -0.3 is 15.0 Å². The minimum Gasteiger partial charge on any atom is -0.465 e. The van der Waals surface area contributed by atoms with E-state index in [2.05, 4.69) is 44.4 Å². The molecule has 0 aliphatic carbocycles. The summed E-state index contributed by atoms with van der Waals surface area (Å²) < 4.78 is 8.93. The smallest absolute Gasteiger partial charge is 0.332 e. The number of imidazole rings is 1. The van der Waals surface area contributed by atoms with Gasteiger partial charge in [0.2, 0.25) is 5.95 Å². The van der Waals surface area contributed by atoms with Crippen LogP contribution in [-0.2, 0) is 30.2 Å². The molecule has 1 saturated heterocycles. The lowest BCUT2D eigenvalue weighted by atomic mass is 10.2. The summed E-state index contributed by atoms with van der Waals surface area (Å²) in [4.78, 5) is 46.7. The van der Waals surface area contributed by atoms with E-state index in [9.17, 15) is 14.4 Å². The van der Waals surface area contributed by atoms with E-state index in [4.69, 9.17) is 4.74 Å². The van der Waals surface area contributed by atoms with Crippen LogP contribution < -0.4 is 21.5 Å². The molecule has 11 nitrogen and oxygen atoms in total. The van der Waals surface area contributed by atoms with Gasteiger partial charge in [0.05, 0.1) is 6.61 Å². The number of benzene rings is 1. The van der Waals surface area contributed by atoms with Crippen molar-refractivity contribution in [3.05, 3.63) is 51.2 Å². The van der Waals surface area contributed by atoms with Crippen LogP contribution in [0.5, 0.6) is 0 Å². The maximum atomic E-state index is 12.8. The highest BCUT2D eigenvalue weighted by Gasteiger charge is 2.21. The van der Waals surface area contributed by atoms with Gasteiger partial charge in [-0.15, -0.1) is 0 Å². The Morgan fingerprint density at radius 2 is 1.77 bits per heavy atom. The normalized spacial score (nSPS) is 14.4. The zero-order valence-electron chi connectivity index (χ0n) is 20.6. The summed E-state index contributed by atoms with van der Waals surface area (Å²) in [6, 6.07) is 10.5. The second kappa shape index (κ2) is 10.8. The minimum absolute atomic E-state index is 0.165. The number of para-hydroxylation sites is 1. The van der Waals surface area contributed by atoms with Gasteiger partial charge in [-0.3, -0.25) is 28.2 Å². The van der Waals surface area contributed by atoms with Gasteiger partial charge in [0.1, 0.15) is 6.54 Å². The van der Waals surface area contributed by atoms with Gasteiger partial charge in [-0.1, -0.05) is 18.2 Å². The molecule has 3 heterocycles. The van der Waals surface area contributed by atoms with Crippen LogP contribution in [0.1, 0.15) is 13.3 Å². The molecule has 0 spiro atoms. The Bertz CT molecular complexity index is 1290. The molecule has 0 unspecified atom stereocenters. The lowest BCUT2D eigenvalue weighted by Gasteiger charge is -2.36. The molecule has 1 aliphatic heterocycles. The molecular weight excluding hydrogens is 450 g/mol. The molecule has 1 aliphatic rings. The van der Waals surface area contributed by atoms with Crippen molar-refractivity contribution < 1.29 is 9.53 Å².